The van der Waals surface area contributed by atoms with E-state index in [-0.39, 0.29) is 5.75 Å². The molecule has 0 bridgehead atoms. The number of aryl methyl sites for hydroxylation is 2. The van der Waals surface area contributed by atoms with E-state index >= 15 is 0 Å². The molecule has 5 aromatic rings. The summed E-state index contributed by atoms with van der Waals surface area (Å²) in [6.45, 7) is 4.03. The Morgan fingerprint density at radius 1 is 0.974 bits per heavy atom. The average molecular weight is 551 g/mol. The molecule has 38 heavy (non-hydrogen) atoms. The van der Waals surface area contributed by atoms with Crippen LogP contribution in [0.5, 0.6) is 5.75 Å². The number of para-hydroxylation sites is 1. The summed E-state index contributed by atoms with van der Waals surface area (Å²) in [4.78, 5) is 0.875. The number of aromatic nitrogens is 1. The van der Waals surface area contributed by atoms with Gasteiger partial charge in [0.2, 0.25) is 0 Å². The molecule has 0 fully saturated rings. The molecule has 5 nitrogen and oxygen atoms in total. The van der Waals surface area contributed by atoms with E-state index in [2.05, 4.69) is 25.0 Å². The minimum absolute atomic E-state index is 0.258. The molecule has 10 heteroatoms. The SMILES string of the molecule is Cc1cccc(C)c1NC(=S)N/N=C/c1ccc2c(ccc3c(-c4ccc(OC(F)(F)F)cc4)snc32)c1. The second kappa shape index (κ2) is 10.4. The summed E-state index contributed by atoms with van der Waals surface area (Å²) in [5, 5.41) is 10.7. The lowest BCUT2D eigenvalue weighted by atomic mass is 10.0. The van der Waals surface area contributed by atoms with Gasteiger partial charge in [-0.3, -0.25) is 5.43 Å². The van der Waals surface area contributed by atoms with E-state index in [4.69, 9.17) is 12.2 Å². The maximum atomic E-state index is 12.5. The van der Waals surface area contributed by atoms with Crippen LogP contribution < -0.4 is 15.5 Å². The van der Waals surface area contributed by atoms with Crippen LogP contribution in [0.4, 0.5) is 18.9 Å². The molecule has 0 aliphatic rings. The van der Waals surface area contributed by atoms with Crippen molar-refractivity contribution >= 4 is 62.4 Å². The predicted molar refractivity (Wildman–Crippen MR) is 152 cm³/mol. The number of halogens is 3. The highest BCUT2D eigenvalue weighted by Gasteiger charge is 2.31. The molecule has 4 aromatic carbocycles. The molecular formula is C28H21F3N4OS2. The standard InChI is InChI=1S/C28H21F3N4OS2/c1-16-4-3-5-17(2)24(16)33-27(37)34-32-15-18-6-12-22-20(14-18)9-13-23-25(22)35-38-26(23)19-7-10-21(11-8-19)36-28(29,30)31/h3-15H,1-2H3,(H2,33,34,37)/b32-15+. The van der Waals surface area contributed by atoms with Gasteiger partial charge in [-0.05, 0) is 95.6 Å². The predicted octanol–water partition coefficient (Wildman–Crippen LogP) is 7.95. The third-order valence-electron chi connectivity index (χ3n) is 5.94. The molecule has 2 N–H and O–H groups in total. The number of benzene rings is 4. The van der Waals surface area contributed by atoms with Crippen LogP contribution in [0.3, 0.4) is 0 Å². The summed E-state index contributed by atoms with van der Waals surface area (Å²) in [6, 6.07) is 21.7. The van der Waals surface area contributed by atoms with Gasteiger partial charge in [-0.2, -0.15) is 9.47 Å². The fraction of sp³-hybridized carbons (Fsp3) is 0.107. The number of hydrazone groups is 1. The zero-order valence-electron chi connectivity index (χ0n) is 20.3. The van der Waals surface area contributed by atoms with Gasteiger partial charge in [-0.25, -0.2) is 0 Å². The Kier molecular flexibility index (Phi) is 7.00. The van der Waals surface area contributed by atoms with Crippen molar-refractivity contribution in [1.29, 1.82) is 0 Å². The molecule has 0 aliphatic heterocycles. The van der Waals surface area contributed by atoms with Crippen LogP contribution in [-0.2, 0) is 0 Å². The number of anilines is 1. The van der Waals surface area contributed by atoms with Crippen LogP contribution in [0.15, 0.2) is 77.9 Å². The molecule has 192 valence electrons. The smallest absolute Gasteiger partial charge is 0.406 e. The number of hydrogen-bond acceptors (Lipinski definition) is 5. The first kappa shape index (κ1) is 25.6. The number of thiocarbonyl (C=S) groups is 1. The van der Waals surface area contributed by atoms with Crippen molar-refractivity contribution in [2.75, 3.05) is 5.32 Å². The Labute approximate surface area is 226 Å². The Morgan fingerprint density at radius 2 is 1.68 bits per heavy atom. The minimum Gasteiger partial charge on any atom is -0.406 e. The van der Waals surface area contributed by atoms with E-state index in [1.165, 1.54) is 23.7 Å². The largest absolute Gasteiger partial charge is 0.573 e. The summed E-state index contributed by atoms with van der Waals surface area (Å²) in [6.07, 6.45) is -3.03. The molecule has 0 aliphatic carbocycles. The van der Waals surface area contributed by atoms with Crippen LogP contribution in [0.25, 0.3) is 32.1 Å². The van der Waals surface area contributed by atoms with Gasteiger partial charge in [0.25, 0.3) is 0 Å². The van der Waals surface area contributed by atoms with E-state index in [1.54, 1.807) is 18.3 Å². The molecule has 0 radical (unpaired) electrons. The van der Waals surface area contributed by atoms with Crippen LogP contribution in [0.2, 0.25) is 0 Å². The average Bonchev–Trinajstić information content (AvgIpc) is 3.30. The van der Waals surface area contributed by atoms with Crippen LogP contribution in [0.1, 0.15) is 16.7 Å². The van der Waals surface area contributed by atoms with Gasteiger partial charge in [0, 0.05) is 16.5 Å². The number of nitrogens with zero attached hydrogens (tertiary/aromatic N) is 2. The van der Waals surface area contributed by atoms with Gasteiger partial charge in [0.05, 0.1) is 16.6 Å². The maximum absolute atomic E-state index is 12.5. The van der Waals surface area contributed by atoms with Crippen molar-refractivity contribution in [3.63, 3.8) is 0 Å². The molecule has 0 unspecified atom stereocenters. The third kappa shape index (κ3) is 5.61. The summed E-state index contributed by atoms with van der Waals surface area (Å²) < 4.78 is 46.0. The first-order valence-corrected chi connectivity index (χ1v) is 12.7. The topological polar surface area (TPSA) is 58.5 Å². The molecule has 0 saturated carbocycles. The van der Waals surface area contributed by atoms with Gasteiger partial charge >= 0.3 is 6.36 Å². The fourth-order valence-electron chi connectivity index (χ4n) is 4.17. The first-order chi connectivity index (χ1) is 18.2. The number of rotatable bonds is 5. The normalized spacial score (nSPS) is 11.8. The van der Waals surface area contributed by atoms with Crippen molar-refractivity contribution in [1.82, 2.24) is 9.80 Å². The van der Waals surface area contributed by atoms with Gasteiger partial charge in [-0.1, -0.05) is 42.5 Å². The lowest BCUT2D eigenvalue weighted by Gasteiger charge is -2.12. The quantitative estimate of drug-likeness (QED) is 0.132. The molecule has 0 saturated heterocycles. The molecule has 1 aromatic heterocycles. The molecule has 0 spiro atoms. The van der Waals surface area contributed by atoms with E-state index in [0.29, 0.717) is 5.11 Å². The van der Waals surface area contributed by atoms with Crippen molar-refractivity contribution in [3.8, 4) is 16.2 Å². The highest BCUT2D eigenvalue weighted by Crippen LogP contribution is 2.37. The molecule has 0 amide bonds. The number of nitrogens with one attached hydrogen (secondary N) is 2. The van der Waals surface area contributed by atoms with Crippen molar-refractivity contribution < 1.29 is 17.9 Å². The number of fused-ring (bicyclic) bond motifs is 3. The van der Waals surface area contributed by atoms with Gasteiger partial charge < -0.3 is 10.1 Å². The molecule has 5 rings (SSSR count). The van der Waals surface area contributed by atoms with Gasteiger partial charge in [0.1, 0.15) is 5.75 Å². The fourth-order valence-corrected chi connectivity index (χ4v) is 5.21. The summed E-state index contributed by atoms with van der Waals surface area (Å²) in [5.41, 5.74) is 8.49. The molecule has 1 heterocycles. The van der Waals surface area contributed by atoms with E-state index in [0.717, 1.165) is 54.5 Å². The van der Waals surface area contributed by atoms with E-state index < -0.39 is 6.36 Å². The minimum atomic E-state index is -4.72. The molecule has 0 atom stereocenters. The van der Waals surface area contributed by atoms with Crippen molar-refractivity contribution in [2.24, 2.45) is 5.10 Å². The number of alkyl halides is 3. The Bertz CT molecular complexity index is 1660. The second-order valence-corrected chi connectivity index (χ2v) is 9.80. The Balaban J connectivity index is 1.32. The second-order valence-electron chi connectivity index (χ2n) is 8.62. The number of ether oxygens (including phenoxy) is 1. The zero-order valence-corrected chi connectivity index (χ0v) is 21.9. The van der Waals surface area contributed by atoms with Crippen molar-refractivity contribution in [2.45, 2.75) is 20.2 Å². The van der Waals surface area contributed by atoms with Gasteiger partial charge in [-0.15, -0.1) is 13.2 Å². The lowest BCUT2D eigenvalue weighted by Crippen LogP contribution is -2.24. The third-order valence-corrected chi connectivity index (χ3v) is 7.04. The Morgan fingerprint density at radius 3 is 2.39 bits per heavy atom. The van der Waals surface area contributed by atoms with Crippen LogP contribution in [0, 0.1) is 13.8 Å². The first-order valence-electron chi connectivity index (χ1n) is 11.5. The van der Waals surface area contributed by atoms with E-state index in [9.17, 15) is 13.2 Å². The summed E-state index contributed by atoms with van der Waals surface area (Å²) >= 11 is 6.68. The molecular weight excluding hydrogens is 529 g/mol. The van der Waals surface area contributed by atoms with Crippen LogP contribution in [-0.4, -0.2) is 22.1 Å². The monoisotopic (exact) mass is 550 g/mol. The van der Waals surface area contributed by atoms with Crippen molar-refractivity contribution in [3.05, 3.63) is 89.5 Å². The Hall–Kier alpha value is -4.02. The lowest BCUT2D eigenvalue weighted by molar-refractivity contribution is -0.274. The summed E-state index contributed by atoms with van der Waals surface area (Å²) in [7, 11) is 0. The van der Waals surface area contributed by atoms with Crippen LogP contribution >= 0.6 is 23.8 Å². The van der Waals surface area contributed by atoms with Gasteiger partial charge in [0.15, 0.2) is 5.11 Å². The summed E-state index contributed by atoms with van der Waals surface area (Å²) in [5.74, 6) is -0.258. The maximum Gasteiger partial charge on any atom is 0.573 e. The highest BCUT2D eigenvalue weighted by molar-refractivity contribution is 7.80. The number of hydrogen-bond donors (Lipinski definition) is 2. The highest BCUT2D eigenvalue weighted by atomic mass is 32.1. The van der Waals surface area contributed by atoms with E-state index in [1.807, 2.05) is 62.4 Å². The zero-order chi connectivity index (χ0) is 26.9.